The Hall–Kier alpha value is -1.77. The van der Waals surface area contributed by atoms with E-state index in [-0.39, 0.29) is 5.91 Å². The first kappa shape index (κ1) is 14.6. The van der Waals surface area contributed by atoms with Crippen LogP contribution in [0.3, 0.4) is 0 Å². The van der Waals surface area contributed by atoms with E-state index in [4.69, 9.17) is 5.26 Å². The summed E-state index contributed by atoms with van der Waals surface area (Å²) in [4.78, 5) is 12.8. The summed E-state index contributed by atoms with van der Waals surface area (Å²) in [5.74, 6) is 1.11. The van der Waals surface area contributed by atoms with E-state index in [0.29, 0.717) is 23.6 Å². The average Bonchev–Trinajstić information content (AvgIpc) is 2.99. The molecule has 5 heteroatoms. The van der Waals surface area contributed by atoms with E-state index in [1.807, 2.05) is 35.7 Å². The van der Waals surface area contributed by atoms with Crippen molar-refractivity contribution in [1.82, 2.24) is 5.32 Å². The van der Waals surface area contributed by atoms with Crippen molar-refractivity contribution in [1.29, 1.82) is 5.26 Å². The van der Waals surface area contributed by atoms with Crippen LogP contribution < -0.4 is 5.32 Å². The van der Waals surface area contributed by atoms with Gasteiger partial charge in [0.2, 0.25) is 5.91 Å². The average molecular weight is 302 g/mol. The van der Waals surface area contributed by atoms with Crippen LogP contribution in [0, 0.1) is 11.3 Å². The summed E-state index contributed by atoms with van der Waals surface area (Å²) in [7, 11) is 0. The van der Waals surface area contributed by atoms with Crippen LogP contribution in [-0.4, -0.2) is 11.7 Å². The SMILES string of the molecule is N#Cc1ccccc1CSCC(=O)NCc1cccs1. The van der Waals surface area contributed by atoms with E-state index in [0.717, 1.165) is 10.4 Å². The molecule has 0 fully saturated rings. The zero-order valence-corrected chi connectivity index (χ0v) is 12.5. The minimum Gasteiger partial charge on any atom is -0.350 e. The molecule has 0 bridgehead atoms. The van der Waals surface area contributed by atoms with Gasteiger partial charge in [-0.25, -0.2) is 0 Å². The van der Waals surface area contributed by atoms with Gasteiger partial charge in [0.05, 0.1) is 23.9 Å². The van der Waals surface area contributed by atoms with E-state index in [2.05, 4.69) is 11.4 Å². The molecule has 1 amide bonds. The molecule has 0 atom stereocenters. The van der Waals surface area contributed by atoms with Gasteiger partial charge in [-0.15, -0.1) is 23.1 Å². The molecule has 102 valence electrons. The summed E-state index contributed by atoms with van der Waals surface area (Å²) in [6.45, 7) is 0.589. The molecule has 2 aromatic rings. The number of hydrogen-bond donors (Lipinski definition) is 1. The smallest absolute Gasteiger partial charge is 0.230 e. The number of rotatable bonds is 6. The number of thioether (sulfide) groups is 1. The van der Waals surface area contributed by atoms with E-state index < -0.39 is 0 Å². The minimum absolute atomic E-state index is 0.0258. The molecule has 1 aromatic carbocycles. The molecule has 0 spiro atoms. The number of carbonyl (C=O) groups is 1. The molecule has 0 radical (unpaired) electrons. The van der Waals surface area contributed by atoms with Gasteiger partial charge in [-0.1, -0.05) is 24.3 Å². The fourth-order valence-corrected chi connectivity index (χ4v) is 3.16. The minimum atomic E-state index is 0.0258. The molecule has 1 heterocycles. The zero-order chi connectivity index (χ0) is 14.2. The Bertz CT molecular complexity index is 603. The van der Waals surface area contributed by atoms with Crippen molar-refractivity contribution in [3.63, 3.8) is 0 Å². The molecule has 0 aliphatic rings. The Morgan fingerprint density at radius 3 is 2.90 bits per heavy atom. The molecule has 0 saturated carbocycles. The third kappa shape index (κ3) is 4.41. The van der Waals surface area contributed by atoms with Crippen LogP contribution in [0.4, 0.5) is 0 Å². The highest BCUT2D eigenvalue weighted by Crippen LogP contribution is 2.16. The van der Waals surface area contributed by atoms with Crippen LogP contribution >= 0.6 is 23.1 Å². The first-order valence-corrected chi connectivity index (χ1v) is 8.18. The van der Waals surface area contributed by atoms with E-state index in [9.17, 15) is 4.79 Å². The van der Waals surface area contributed by atoms with Crippen LogP contribution in [0.1, 0.15) is 16.0 Å². The highest BCUT2D eigenvalue weighted by molar-refractivity contribution is 7.99. The maximum Gasteiger partial charge on any atom is 0.230 e. The number of nitriles is 1. The van der Waals surface area contributed by atoms with Gasteiger partial charge in [0.15, 0.2) is 0 Å². The molecule has 2 rings (SSSR count). The van der Waals surface area contributed by atoms with Gasteiger partial charge in [0, 0.05) is 10.6 Å². The van der Waals surface area contributed by atoms with Crippen molar-refractivity contribution in [2.75, 3.05) is 5.75 Å². The van der Waals surface area contributed by atoms with Crippen molar-refractivity contribution in [3.8, 4) is 6.07 Å². The van der Waals surface area contributed by atoms with Crippen molar-refractivity contribution in [3.05, 3.63) is 57.8 Å². The second-order valence-electron chi connectivity index (χ2n) is 4.12. The van der Waals surface area contributed by atoms with Gasteiger partial charge in [-0.2, -0.15) is 5.26 Å². The number of amides is 1. The van der Waals surface area contributed by atoms with E-state index in [1.54, 1.807) is 17.4 Å². The molecular formula is C15H14N2OS2. The maximum atomic E-state index is 11.7. The molecule has 0 aliphatic carbocycles. The van der Waals surface area contributed by atoms with Gasteiger partial charge in [-0.05, 0) is 23.1 Å². The summed E-state index contributed by atoms with van der Waals surface area (Å²) in [5, 5.41) is 13.9. The maximum absolute atomic E-state index is 11.7. The Kier molecular flexibility index (Phi) is 5.66. The fourth-order valence-electron chi connectivity index (χ4n) is 1.66. The van der Waals surface area contributed by atoms with Gasteiger partial charge in [-0.3, -0.25) is 4.79 Å². The first-order valence-electron chi connectivity index (χ1n) is 6.14. The van der Waals surface area contributed by atoms with Gasteiger partial charge in [0.25, 0.3) is 0 Å². The Morgan fingerprint density at radius 1 is 1.30 bits per heavy atom. The number of nitrogens with zero attached hydrogens (tertiary/aromatic N) is 1. The predicted octanol–water partition coefficient (Wildman–Crippen LogP) is 3.17. The molecular weight excluding hydrogens is 288 g/mol. The van der Waals surface area contributed by atoms with Gasteiger partial charge >= 0.3 is 0 Å². The third-order valence-electron chi connectivity index (χ3n) is 2.67. The predicted molar refractivity (Wildman–Crippen MR) is 83.5 cm³/mol. The molecule has 1 N–H and O–H groups in total. The molecule has 0 saturated heterocycles. The van der Waals surface area contributed by atoms with Crippen LogP contribution in [0.25, 0.3) is 0 Å². The number of carbonyl (C=O) groups excluding carboxylic acids is 1. The monoisotopic (exact) mass is 302 g/mol. The van der Waals surface area contributed by atoms with Crippen LogP contribution in [0.5, 0.6) is 0 Å². The number of thiophene rings is 1. The van der Waals surface area contributed by atoms with Crippen molar-refractivity contribution < 1.29 is 4.79 Å². The lowest BCUT2D eigenvalue weighted by atomic mass is 10.1. The second-order valence-corrected chi connectivity index (χ2v) is 6.14. The number of benzene rings is 1. The molecule has 0 aliphatic heterocycles. The Balaban J connectivity index is 1.73. The van der Waals surface area contributed by atoms with Crippen molar-refractivity contribution in [2.45, 2.75) is 12.3 Å². The van der Waals surface area contributed by atoms with E-state index >= 15 is 0 Å². The first-order chi connectivity index (χ1) is 9.79. The van der Waals surface area contributed by atoms with E-state index in [1.165, 1.54) is 11.8 Å². The summed E-state index contributed by atoms with van der Waals surface area (Å²) in [6, 6.07) is 13.6. The normalized spacial score (nSPS) is 9.95. The lowest BCUT2D eigenvalue weighted by molar-refractivity contribution is -0.118. The number of hydrogen-bond acceptors (Lipinski definition) is 4. The third-order valence-corrected chi connectivity index (χ3v) is 4.53. The molecule has 3 nitrogen and oxygen atoms in total. The summed E-state index contributed by atoms with van der Waals surface area (Å²) in [6.07, 6.45) is 0. The summed E-state index contributed by atoms with van der Waals surface area (Å²) in [5.41, 5.74) is 1.66. The molecule has 20 heavy (non-hydrogen) atoms. The lowest BCUT2D eigenvalue weighted by Crippen LogP contribution is -2.24. The Labute approximate surface area is 126 Å². The van der Waals surface area contributed by atoms with Crippen LogP contribution in [0.2, 0.25) is 0 Å². The zero-order valence-electron chi connectivity index (χ0n) is 10.8. The topological polar surface area (TPSA) is 52.9 Å². The largest absolute Gasteiger partial charge is 0.350 e. The Morgan fingerprint density at radius 2 is 2.15 bits per heavy atom. The van der Waals surface area contributed by atoms with Gasteiger partial charge < -0.3 is 5.32 Å². The molecule has 0 unspecified atom stereocenters. The second kappa shape index (κ2) is 7.73. The fraction of sp³-hybridized carbons (Fsp3) is 0.200. The lowest BCUT2D eigenvalue weighted by Gasteiger charge is -2.05. The highest BCUT2D eigenvalue weighted by atomic mass is 32.2. The van der Waals surface area contributed by atoms with Crippen molar-refractivity contribution >= 4 is 29.0 Å². The standard InChI is InChI=1S/C15H14N2OS2/c16-8-12-4-1-2-5-13(12)10-19-11-15(18)17-9-14-6-3-7-20-14/h1-7H,9-11H2,(H,17,18). The van der Waals surface area contributed by atoms with Gasteiger partial charge in [0.1, 0.15) is 0 Å². The highest BCUT2D eigenvalue weighted by Gasteiger charge is 2.05. The summed E-state index contributed by atoms with van der Waals surface area (Å²) >= 11 is 3.15. The number of nitrogens with one attached hydrogen (secondary N) is 1. The quantitative estimate of drug-likeness (QED) is 0.891. The molecule has 1 aromatic heterocycles. The summed E-state index contributed by atoms with van der Waals surface area (Å²) < 4.78 is 0. The van der Waals surface area contributed by atoms with Crippen LogP contribution in [-0.2, 0) is 17.1 Å². The van der Waals surface area contributed by atoms with Crippen molar-refractivity contribution in [2.24, 2.45) is 0 Å². The van der Waals surface area contributed by atoms with Crippen LogP contribution in [0.15, 0.2) is 41.8 Å².